The zero-order valence-electron chi connectivity index (χ0n) is 18.8. The van der Waals surface area contributed by atoms with E-state index in [4.69, 9.17) is 25.5 Å². The fourth-order valence-corrected chi connectivity index (χ4v) is 3.90. The molecule has 0 radical (unpaired) electrons. The van der Waals surface area contributed by atoms with Crippen molar-refractivity contribution in [3.63, 3.8) is 0 Å². The van der Waals surface area contributed by atoms with E-state index in [9.17, 15) is 14.0 Å². The molecule has 2 aromatic heterocycles. The molecule has 3 aromatic rings. The molecule has 4 rings (SSSR count). The van der Waals surface area contributed by atoms with Gasteiger partial charge in [0.1, 0.15) is 11.9 Å². The number of hydrogen-bond acceptors (Lipinski definition) is 9. The standard InChI is InChI=1S/C23H23ClFN5O5/c1-33-20(31)10-13-2-6-16(7-3-13)34-19-9-5-15(12-26-19)27-21(32)22-29-30-23(35-22)28-14-4-8-18(25)17(24)11-14/h4-5,8-9,11-13,16H,2-3,6-7,10H2,1H3,(H,27,32)(H,28,30)/t13-,16+. The van der Waals surface area contributed by atoms with Crippen LogP contribution in [0.1, 0.15) is 42.8 Å². The van der Waals surface area contributed by atoms with Crippen molar-refractivity contribution in [1.29, 1.82) is 0 Å². The number of amides is 1. The van der Waals surface area contributed by atoms with Crippen molar-refractivity contribution in [3.8, 4) is 5.88 Å². The Balaban J connectivity index is 1.26. The average molecular weight is 504 g/mol. The van der Waals surface area contributed by atoms with E-state index in [1.165, 1.54) is 31.5 Å². The highest BCUT2D eigenvalue weighted by Gasteiger charge is 2.25. The molecule has 2 N–H and O–H groups in total. The average Bonchev–Trinajstić information content (AvgIpc) is 3.32. The van der Waals surface area contributed by atoms with E-state index in [0.717, 1.165) is 25.7 Å². The first-order chi connectivity index (χ1) is 16.9. The van der Waals surface area contributed by atoms with Crippen LogP contribution in [-0.4, -0.2) is 40.3 Å². The Labute approximate surface area is 205 Å². The molecular weight excluding hydrogens is 481 g/mol. The van der Waals surface area contributed by atoms with Crippen LogP contribution in [0.25, 0.3) is 0 Å². The molecule has 12 heteroatoms. The molecule has 1 aromatic carbocycles. The van der Waals surface area contributed by atoms with Crippen molar-refractivity contribution in [3.05, 3.63) is 53.3 Å². The monoisotopic (exact) mass is 503 g/mol. The van der Waals surface area contributed by atoms with E-state index in [0.29, 0.717) is 29.6 Å². The summed E-state index contributed by atoms with van der Waals surface area (Å²) in [5.41, 5.74) is 0.839. The second-order valence-corrected chi connectivity index (χ2v) is 8.45. The lowest BCUT2D eigenvalue weighted by atomic mass is 9.85. The molecule has 0 atom stereocenters. The molecule has 1 amide bonds. The third-order valence-corrected chi connectivity index (χ3v) is 5.84. The number of methoxy groups -OCH3 is 1. The number of rotatable bonds is 8. The van der Waals surface area contributed by atoms with Crippen molar-refractivity contribution in [2.75, 3.05) is 17.7 Å². The summed E-state index contributed by atoms with van der Waals surface area (Å²) >= 11 is 5.74. The zero-order chi connectivity index (χ0) is 24.8. The number of aromatic nitrogens is 3. The normalized spacial score (nSPS) is 17.5. The van der Waals surface area contributed by atoms with Crippen LogP contribution in [0.2, 0.25) is 5.02 Å². The van der Waals surface area contributed by atoms with Crippen molar-refractivity contribution in [1.82, 2.24) is 15.2 Å². The molecular formula is C23H23ClFN5O5. The van der Waals surface area contributed by atoms with Crippen LogP contribution in [0.4, 0.5) is 21.8 Å². The minimum Gasteiger partial charge on any atom is -0.474 e. The highest BCUT2D eigenvalue weighted by Crippen LogP contribution is 2.29. The summed E-state index contributed by atoms with van der Waals surface area (Å²) < 4.78 is 29.2. The smallest absolute Gasteiger partial charge is 0.320 e. The van der Waals surface area contributed by atoms with E-state index in [1.54, 1.807) is 12.1 Å². The number of benzene rings is 1. The maximum atomic E-state index is 13.3. The van der Waals surface area contributed by atoms with Crippen LogP contribution in [0, 0.1) is 11.7 Å². The van der Waals surface area contributed by atoms with E-state index >= 15 is 0 Å². The predicted molar refractivity (Wildman–Crippen MR) is 124 cm³/mol. The number of pyridine rings is 1. The van der Waals surface area contributed by atoms with Gasteiger partial charge < -0.3 is 24.5 Å². The van der Waals surface area contributed by atoms with E-state index in [-0.39, 0.29) is 29.0 Å². The summed E-state index contributed by atoms with van der Waals surface area (Å²) in [6.07, 6.45) is 5.38. The van der Waals surface area contributed by atoms with Gasteiger partial charge in [0.25, 0.3) is 0 Å². The number of carbonyl (C=O) groups excluding carboxylic acids is 2. The molecule has 1 saturated carbocycles. The number of hydrogen-bond donors (Lipinski definition) is 2. The van der Waals surface area contributed by atoms with Crippen LogP contribution in [0.15, 0.2) is 40.9 Å². The highest BCUT2D eigenvalue weighted by atomic mass is 35.5. The Morgan fingerprint density at radius 2 is 1.91 bits per heavy atom. The van der Waals surface area contributed by atoms with Crippen LogP contribution in [0.5, 0.6) is 5.88 Å². The van der Waals surface area contributed by atoms with Gasteiger partial charge >= 0.3 is 23.8 Å². The van der Waals surface area contributed by atoms with Gasteiger partial charge in [-0.25, -0.2) is 9.37 Å². The van der Waals surface area contributed by atoms with E-state index in [2.05, 4.69) is 25.8 Å². The second kappa shape index (κ2) is 11.1. The number of nitrogens with zero attached hydrogens (tertiary/aromatic N) is 3. The third-order valence-electron chi connectivity index (χ3n) is 5.55. The number of nitrogens with one attached hydrogen (secondary N) is 2. The second-order valence-electron chi connectivity index (χ2n) is 8.05. The first-order valence-corrected chi connectivity index (χ1v) is 11.3. The summed E-state index contributed by atoms with van der Waals surface area (Å²) in [6.45, 7) is 0. The fraction of sp³-hybridized carbons (Fsp3) is 0.348. The van der Waals surface area contributed by atoms with Crippen molar-refractivity contribution < 1.29 is 27.9 Å². The van der Waals surface area contributed by atoms with Crippen LogP contribution in [0.3, 0.4) is 0 Å². The Kier molecular flexibility index (Phi) is 7.76. The summed E-state index contributed by atoms with van der Waals surface area (Å²) in [5.74, 6) is -0.870. The first-order valence-electron chi connectivity index (χ1n) is 11.0. The number of carbonyl (C=O) groups is 2. The third kappa shape index (κ3) is 6.66. The van der Waals surface area contributed by atoms with E-state index < -0.39 is 11.7 Å². The molecule has 0 spiro atoms. The molecule has 2 heterocycles. The molecule has 35 heavy (non-hydrogen) atoms. The summed E-state index contributed by atoms with van der Waals surface area (Å²) in [5, 5.41) is 12.7. The molecule has 10 nitrogen and oxygen atoms in total. The summed E-state index contributed by atoms with van der Waals surface area (Å²) in [7, 11) is 1.40. The minimum atomic E-state index is -0.623. The predicted octanol–water partition coefficient (Wildman–Crippen LogP) is 4.75. The number of halogens is 2. The maximum Gasteiger partial charge on any atom is 0.320 e. The van der Waals surface area contributed by atoms with Crippen molar-refractivity contribution in [2.24, 2.45) is 5.92 Å². The number of ether oxygens (including phenoxy) is 2. The van der Waals surface area contributed by atoms with Crippen LogP contribution < -0.4 is 15.4 Å². The van der Waals surface area contributed by atoms with Crippen LogP contribution >= 0.6 is 11.6 Å². The van der Waals surface area contributed by atoms with Gasteiger partial charge in [-0.15, -0.1) is 5.10 Å². The van der Waals surface area contributed by atoms with Gasteiger partial charge in [0.05, 0.1) is 24.0 Å². The Hall–Kier alpha value is -3.73. The molecule has 1 fully saturated rings. The molecule has 184 valence electrons. The molecule has 0 unspecified atom stereocenters. The lowest BCUT2D eigenvalue weighted by Crippen LogP contribution is -2.25. The molecule has 1 aliphatic carbocycles. The van der Waals surface area contributed by atoms with Crippen molar-refractivity contribution >= 4 is 40.9 Å². The first kappa shape index (κ1) is 24.4. The summed E-state index contributed by atoms with van der Waals surface area (Å²) in [6, 6.07) is 7.24. The van der Waals surface area contributed by atoms with Crippen molar-refractivity contribution in [2.45, 2.75) is 38.2 Å². The molecule has 1 aliphatic rings. The Bertz CT molecular complexity index is 1180. The number of esters is 1. The quantitative estimate of drug-likeness (QED) is 0.418. The van der Waals surface area contributed by atoms with E-state index in [1.807, 2.05) is 0 Å². The maximum absolute atomic E-state index is 13.3. The largest absolute Gasteiger partial charge is 0.474 e. The minimum absolute atomic E-state index is 0.0251. The van der Waals surface area contributed by atoms with Gasteiger partial charge in [-0.2, -0.15) is 0 Å². The summed E-state index contributed by atoms with van der Waals surface area (Å²) in [4.78, 5) is 28.1. The Morgan fingerprint density at radius 3 is 2.60 bits per heavy atom. The highest BCUT2D eigenvalue weighted by molar-refractivity contribution is 6.31. The lowest BCUT2D eigenvalue weighted by Gasteiger charge is -2.28. The van der Waals surface area contributed by atoms with Gasteiger partial charge in [-0.3, -0.25) is 9.59 Å². The lowest BCUT2D eigenvalue weighted by molar-refractivity contribution is -0.142. The Morgan fingerprint density at radius 1 is 1.14 bits per heavy atom. The van der Waals surface area contributed by atoms with Gasteiger partial charge in [0, 0.05) is 18.2 Å². The van der Waals surface area contributed by atoms with Gasteiger partial charge in [-0.05, 0) is 55.9 Å². The molecule has 0 bridgehead atoms. The van der Waals surface area contributed by atoms with Gasteiger partial charge in [0.2, 0.25) is 5.88 Å². The van der Waals surface area contributed by atoms with Gasteiger partial charge in [-0.1, -0.05) is 16.7 Å². The zero-order valence-corrected chi connectivity index (χ0v) is 19.5. The fourth-order valence-electron chi connectivity index (χ4n) is 3.72. The van der Waals surface area contributed by atoms with Crippen LogP contribution in [-0.2, 0) is 9.53 Å². The molecule has 0 saturated heterocycles. The molecule has 0 aliphatic heterocycles. The van der Waals surface area contributed by atoms with Gasteiger partial charge in [0.15, 0.2) is 0 Å². The number of anilines is 3. The topological polar surface area (TPSA) is 128 Å². The SMILES string of the molecule is COC(=O)C[C@H]1CC[C@@H](Oc2ccc(NC(=O)c3nnc(Nc4ccc(F)c(Cl)c4)o3)cn2)CC1.